The van der Waals surface area contributed by atoms with Crippen LogP contribution in [-0.2, 0) is 20.7 Å². The molecule has 1 saturated heterocycles. The maximum absolute atomic E-state index is 13.9. The average Bonchev–Trinajstić information content (AvgIpc) is 3.25. The number of hydrogen-bond donors (Lipinski definition) is 7. The second-order valence-electron chi connectivity index (χ2n) is 16.9. The molecule has 1 heterocycles. The highest BCUT2D eigenvalue weighted by atomic mass is 19.1. The van der Waals surface area contributed by atoms with Gasteiger partial charge in [0.05, 0.1) is 25.4 Å². The van der Waals surface area contributed by atoms with Gasteiger partial charge in [-0.15, -0.1) is 0 Å². The quantitative estimate of drug-likeness (QED) is 0.0339. The van der Waals surface area contributed by atoms with E-state index in [0.717, 1.165) is 94.7 Å². The topological polar surface area (TPSA) is 178 Å². The lowest BCUT2D eigenvalue weighted by molar-refractivity contribution is -0.301. The Morgan fingerprint density at radius 2 is 1.30 bits per heavy atom. The van der Waals surface area contributed by atoms with E-state index in [1.807, 2.05) is 12.1 Å². The van der Waals surface area contributed by atoms with E-state index in [0.29, 0.717) is 18.6 Å². The Balaban J connectivity index is 1.32. The van der Waals surface area contributed by atoms with Crippen molar-refractivity contribution >= 4 is 5.91 Å². The minimum absolute atomic E-state index is 0.0200. The SMILES string of the molecule is CCCCCCCCCCCCCC[C@@H](O)[C@@H](O)[C@H](CCO[C@H]1OC(CO)[C@H](O)[C@H](O)C1O)NC(=O)CCCCCCCCCCc1ccc(Oc2ccc(F)cc2F)cc1. The van der Waals surface area contributed by atoms with Crippen molar-refractivity contribution in [2.45, 2.75) is 210 Å². The number of hydrogen-bond acceptors (Lipinski definition) is 10. The van der Waals surface area contributed by atoms with E-state index in [2.05, 4.69) is 12.2 Å². The number of amides is 1. The number of nitrogens with one attached hydrogen (secondary N) is 1. The van der Waals surface area contributed by atoms with Crippen molar-refractivity contribution in [3.05, 3.63) is 59.7 Å². The molecule has 0 aromatic heterocycles. The zero-order valence-corrected chi connectivity index (χ0v) is 36.6. The van der Waals surface area contributed by atoms with Gasteiger partial charge in [0.15, 0.2) is 17.9 Å². The molecule has 2 aromatic carbocycles. The maximum atomic E-state index is 13.9. The number of benzene rings is 2. The van der Waals surface area contributed by atoms with Gasteiger partial charge in [-0.3, -0.25) is 4.79 Å². The number of aliphatic hydroxyl groups is 6. The number of carbonyl (C=O) groups excluding carboxylic acids is 1. The van der Waals surface area contributed by atoms with Crippen LogP contribution in [0.3, 0.4) is 0 Å². The Bertz CT molecular complexity index is 1440. The Hall–Kier alpha value is -2.75. The van der Waals surface area contributed by atoms with Gasteiger partial charge in [-0.05, 0) is 61.9 Å². The Labute approximate surface area is 363 Å². The number of carbonyl (C=O) groups is 1. The van der Waals surface area contributed by atoms with E-state index in [-0.39, 0.29) is 31.1 Å². The summed E-state index contributed by atoms with van der Waals surface area (Å²) in [6.45, 7) is 1.54. The van der Waals surface area contributed by atoms with Gasteiger partial charge in [0.1, 0.15) is 42.1 Å². The predicted molar refractivity (Wildman–Crippen MR) is 232 cm³/mol. The van der Waals surface area contributed by atoms with E-state index >= 15 is 0 Å². The van der Waals surface area contributed by atoms with Crippen molar-refractivity contribution in [3.63, 3.8) is 0 Å². The van der Waals surface area contributed by atoms with Gasteiger partial charge < -0.3 is 50.2 Å². The van der Waals surface area contributed by atoms with E-state index in [1.165, 1.54) is 57.4 Å². The molecular formula is C48H77F2NO10. The molecule has 1 fully saturated rings. The fourth-order valence-corrected chi connectivity index (χ4v) is 7.84. The molecule has 11 nitrogen and oxygen atoms in total. The van der Waals surface area contributed by atoms with Crippen LogP contribution in [0.25, 0.3) is 0 Å². The fourth-order valence-electron chi connectivity index (χ4n) is 7.84. The van der Waals surface area contributed by atoms with Crippen molar-refractivity contribution in [2.24, 2.45) is 0 Å². The largest absolute Gasteiger partial charge is 0.454 e. The lowest BCUT2D eigenvalue weighted by Gasteiger charge is -2.39. The van der Waals surface area contributed by atoms with Crippen LogP contribution in [0.1, 0.15) is 160 Å². The minimum Gasteiger partial charge on any atom is -0.454 e. The van der Waals surface area contributed by atoms with Crippen molar-refractivity contribution in [2.75, 3.05) is 13.2 Å². The van der Waals surface area contributed by atoms with Crippen LogP contribution in [-0.4, -0.2) is 98.7 Å². The average molecular weight is 866 g/mol. The summed E-state index contributed by atoms with van der Waals surface area (Å²) in [5.74, 6) is -1.17. The molecule has 1 aliphatic heterocycles. The summed E-state index contributed by atoms with van der Waals surface area (Å²) in [5, 5.41) is 65.1. The highest BCUT2D eigenvalue weighted by Gasteiger charge is 2.44. The number of unbranched alkanes of at least 4 members (excludes halogenated alkanes) is 18. The molecule has 0 spiro atoms. The second kappa shape index (κ2) is 31.2. The molecule has 7 N–H and O–H groups in total. The molecule has 3 rings (SSSR count). The van der Waals surface area contributed by atoms with Gasteiger partial charge in [-0.2, -0.15) is 0 Å². The van der Waals surface area contributed by atoms with Crippen LogP contribution in [0.2, 0.25) is 0 Å². The molecule has 2 aromatic rings. The van der Waals surface area contributed by atoms with Gasteiger partial charge >= 0.3 is 0 Å². The number of aryl methyl sites for hydroxylation is 1. The van der Waals surface area contributed by atoms with Crippen molar-refractivity contribution in [3.8, 4) is 11.5 Å². The highest BCUT2D eigenvalue weighted by Crippen LogP contribution is 2.26. The predicted octanol–water partition coefficient (Wildman–Crippen LogP) is 8.31. The van der Waals surface area contributed by atoms with E-state index < -0.39 is 67.2 Å². The fraction of sp³-hybridized carbons (Fsp3) is 0.729. The van der Waals surface area contributed by atoms with Gasteiger partial charge in [-0.1, -0.05) is 135 Å². The van der Waals surface area contributed by atoms with Crippen LogP contribution in [0.4, 0.5) is 8.78 Å². The third kappa shape index (κ3) is 21.0. The lowest BCUT2D eigenvalue weighted by atomic mass is 9.97. The zero-order chi connectivity index (χ0) is 44.2. The number of halogens is 2. The molecule has 0 saturated carbocycles. The molecule has 0 radical (unpaired) electrons. The van der Waals surface area contributed by atoms with E-state index in [4.69, 9.17) is 14.2 Å². The second-order valence-corrected chi connectivity index (χ2v) is 16.9. The van der Waals surface area contributed by atoms with Crippen molar-refractivity contribution in [1.82, 2.24) is 5.32 Å². The zero-order valence-electron chi connectivity index (χ0n) is 36.6. The third-order valence-electron chi connectivity index (χ3n) is 11.7. The van der Waals surface area contributed by atoms with Crippen LogP contribution < -0.4 is 10.1 Å². The Kier molecular flexibility index (Phi) is 26.9. The maximum Gasteiger partial charge on any atom is 0.220 e. The first-order valence-electron chi connectivity index (χ1n) is 23.3. The first kappa shape index (κ1) is 52.6. The summed E-state index contributed by atoms with van der Waals surface area (Å²) < 4.78 is 43.6. The Morgan fingerprint density at radius 1 is 0.721 bits per heavy atom. The number of aliphatic hydroxyl groups excluding tert-OH is 6. The third-order valence-corrected chi connectivity index (χ3v) is 11.7. The molecule has 61 heavy (non-hydrogen) atoms. The van der Waals surface area contributed by atoms with Crippen LogP contribution >= 0.6 is 0 Å². The summed E-state index contributed by atoms with van der Waals surface area (Å²) in [5.41, 5.74) is 1.16. The number of ether oxygens (including phenoxy) is 3. The van der Waals surface area contributed by atoms with Gasteiger partial charge in [0, 0.05) is 12.5 Å². The monoisotopic (exact) mass is 866 g/mol. The summed E-state index contributed by atoms with van der Waals surface area (Å²) in [4.78, 5) is 13.0. The van der Waals surface area contributed by atoms with Crippen LogP contribution in [0.5, 0.6) is 11.5 Å². The summed E-state index contributed by atoms with van der Waals surface area (Å²) >= 11 is 0. The molecule has 2 unspecified atom stereocenters. The van der Waals surface area contributed by atoms with Crippen LogP contribution in [0, 0.1) is 11.6 Å². The molecule has 13 heteroatoms. The number of rotatable bonds is 34. The van der Waals surface area contributed by atoms with Gasteiger partial charge in [0.2, 0.25) is 5.91 Å². The van der Waals surface area contributed by atoms with Crippen LogP contribution in [0.15, 0.2) is 42.5 Å². The first-order chi connectivity index (χ1) is 29.5. The molecule has 1 aliphatic rings. The standard InChI is InChI=1S/C48H77F2NO10/c1-2-3-4-5-6-7-8-9-10-14-17-20-23-40(53)44(55)39(31-32-59-48-47(58)46(57)45(56)42(34-52)61-48)51-43(54)24-21-18-15-12-11-13-16-19-22-35-25-28-37(29-26-35)60-41-30-27-36(49)33-38(41)50/h25-30,33,39-40,42,44-48,52-53,55-58H,2-24,31-32,34H2,1H3,(H,51,54)/t39-,40+,42?,44-,45-,46-,47?,48-/m0/s1. The molecule has 1 amide bonds. The summed E-state index contributed by atoms with van der Waals surface area (Å²) in [7, 11) is 0. The highest BCUT2D eigenvalue weighted by molar-refractivity contribution is 5.76. The normalized spacial score (nSPS) is 20.6. The van der Waals surface area contributed by atoms with Gasteiger partial charge in [-0.25, -0.2) is 8.78 Å². The Morgan fingerprint density at radius 3 is 1.89 bits per heavy atom. The molecule has 0 bridgehead atoms. The van der Waals surface area contributed by atoms with Gasteiger partial charge in [0.25, 0.3) is 0 Å². The minimum atomic E-state index is -1.59. The molecule has 8 atom stereocenters. The molecule has 0 aliphatic carbocycles. The molecule has 348 valence electrons. The first-order valence-corrected chi connectivity index (χ1v) is 23.3. The van der Waals surface area contributed by atoms with E-state index in [9.17, 15) is 44.2 Å². The van der Waals surface area contributed by atoms with Crippen molar-refractivity contribution < 1.29 is 58.4 Å². The van der Waals surface area contributed by atoms with Crippen molar-refractivity contribution in [1.29, 1.82) is 0 Å². The summed E-state index contributed by atoms with van der Waals surface area (Å²) in [6.07, 6.45) is 14.5. The smallest absolute Gasteiger partial charge is 0.220 e. The summed E-state index contributed by atoms with van der Waals surface area (Å²) in [6, 6.07) is 9.87. The molecular weight excluding hydrogens is 789 g/mol. The van der Waals surface area contributed by atoms with E-state index in [1.54, 1.807) is 12.1 Å². The lowest BCUT2D eigenvalue weighted by Crippen LogP contribution is -2.59.